The van der Waals surface area contributed by atoms with Gasteiger partial charge in [-0.3, -0.25) is 19.6 Å². The molecule has 10 heteroatoms. The highest BCUT2D eigenvalue weighted by Gasteiger charge is 2.23. The highest BCUT2D eigenvalue weighted by molar-refractivity contribution is 7.92. The number of nitrogens with zero attached hydrogens (tertiary/aromatic N) is 1. The number of amides is 1. The molecule has 0 aliphatic carbocycles. The molecule has 1 aliphatic heterocycles. The third-order valence-electron chi connectivity index (χ3n) is 4.60. The van der Waals surface area contributed by atoms with Crippen LogP contribution in [0.25, 0.3) is 0 Å². The molecule has 2 N–H and O–H groups in total. The van der Waals surface area contributed by atoms with E-state index in [0.717, 1.165) is 18.9 Å². The van der Waals surface area contributed by atoms with E-state index in [4.69, 9.17) is 4.74 Å². The van der Waals surface area contributed by atoms with Crippen molar-refractivity contribution in [2.75, 3.05) is 17.9 Å². The number of rotatable bonds is 7. The lowest BCUT2D eigenvalue weighted by Gasteiger charge is -2.15. The highest BCUT2D eigenvalue weighted by atomic mass is 32.2. The SMILES string of the molecule is Cc1ccc([N+](=O)[O-])cc1S(=O)(=O)Nc1ccccc1C(=O)NCC1CCCO1. The van der Waals surface area contributed by atoms with Gasteiger partial charge in [-0.05, 0) is 37.5 Å². The van der Waals surface area contributed by atoms with E-state index in [1.54, 1.807) is 19.1 Å². The molecule has 1 fully saturated rings. The van der Waals surface area contributed by atoms with Gasteiger partial charge in [0.2, 0.25) is 0 Å². The van der Waals surface area contributed by atoms with Gasteiger partial charge in [-0.1, -0.05) is 18.2 Å². The molecule has 1 heterocycles. The van der Waals surface area contributed by atoms with Crippen LogP contribution < -0.4 is 10.0 Å². The zero-order valence-corrected chi connectivity index (χ0v) is 16.6. The van der Waals surface area contributed by atoms with Crippen molar-refractivity contribution < 1.29 is 22.9 Å². The number of hydrogen-bond acceptors (Lipinski definition) is 6. The Morgan fingerprint density at radius 2 is 2.03 bits per heavy atom. The van der Waals surface area contributed by atoms with E-state index in [2.05, 4.69) is 10.0 Å². The summed E-state index contributed by atoms with van der Waals surface area (Å²) in [5.74, 6) is -0.436. The van der Waals surface area contributed by atoms with Crippen LogP contribution in [0.15, 0.2) is 47.4 Å². The summed E-state index contributed by atoms with van der Waals surface area (Å²) in [5, 5.41) is 13.8. The number of nitro groups is 1. The Kier molecular flexibility index (Phi) is 6.14. The van der Waals surface area contributed by atoms with Crippen molar-refractivity contribution in [3.8, 4) is 0 Å². The van der Waals surface area contributed by atoms with Crippen molar-refractivity contribution in [1.82, 2.24) is 5.32 Å². The van der Waals surface area contributed by atoms with Crippen molar-refractivity contribution >= 4 is 27.3 Å². The van der Waals surface area contributed by atoms with E-state index < -0.39 is 20.9 Å². The average molecular weight is 419 g/mol. The summed E-state index contributed by atoms with van der Waals surface area (Å²) in [6.45, 7) is 2.54. The van der Waals surface area contributed by atoms with Crippen LogP contribution in [0.5, 0.6) is 0 Å². The molecule has 2 aromatic carbocycles. The van der Waals surface area contributed by atoms with Crippen LogP contribution in [-0.2, 0) is 14.8 Å². The maximum absolute atomic E-state index is 12.9. The van der Waals surface area contributed by atoms with Gasteiger partial charge in [0.15, 0.2) is 0 Å². The van der Waals surface area contributed by atoms with Crippen LogP contribution in [0.4, 0.5) is 11.4 Å². The number of benzene rings is 2. The first-order valence-corrected chi connectivity index (χ1v) is 10.5. The van der Waals surface area contributed by atoms with Gasteiger partial charge in [0.05, 0.1) is 27.2 Å². The molecule has 0 radical (unpaired) electrons. The van der Waals surface area contributed by atoms with Crippen LogP contribution in [0.3, 0.4) is 0 Å². The van der Waals surface area contributed by atoms with E-state index in [1.165, 1.54) is 24.3 Å². The number of sulfonamides is 1. The predicted molar refractivity (Wildman–Crippen MR) is 106 cm³/mol. The van der Waals surface area contributed by atoms with Crippen LogP contribution in [-0.4, -0.2) is 38.5 Å². The Hall–Kier alpha value is -2.98. The van der Waals surface area contributed by atoms with Crippen molar-refractivity contribution in [2.24, 2.45) is 0 Å². The normalized spacial score (nSPS) is 16.4. The molecule has 1 amide bonds. The summed E-state index contributed by atoms with van der Waals surface area (Å²) in [6, 6.07) is 9.78. The maximum atomic E-state index is 12.9. The van der Waals surface area contributed by atoms with E-state index >= 15 is 0 Å². The Morgan fingerprint density at radius 3 is 2.72 bits per heavy atom. The number of non-ortho nitro benzene ring substituents is 1. The molecule has 154 valence electrons. The predicted octanol–water partition coefficient (Wildman–Crippen LogP) is 2.61. The third kappa shape index (κ3) is 4.90. The highest BCUT2D eigenvalue weighted by Crippen LogP contribution is 2.25. The second kappa shape index (κ2) is 8.58. The lowest BCUT2D eigenvalue weighted by Crippen LogP contribution is -2.32. The maximum Gasteiger partial charge on any atom is 0.270 e. The molecule has 3 rings (SSSR count). The van der Waals surface area contributed by atoms with E-state index in [1.807, 2.05) is 0 Å². The van der Waals surface area contributed by atoms with Gasteiger partial charge in [-0.2, -0.15) is 0 Å². The summed E-state index contributed by atoms with van der Waals surface area (Å²) in [7, 11) is -4.15. The van der Waals surface area contributed by atoms with Gasteiger partial charge in [0.1, 0.15) is 0 Å². The standard InChI is InChI=1S/C19H21N3O6S/c1-13-8-9-14(22(24)25)11-18(13)29(26,27)21-17-7-3-2-6-16(17)19(23)20-12-15-5-4-10-28-15/h2-3,6-9,11,15,21H,4-5,10,12H2,1H3,(H,20,23). The molecule has 9 nitrogen and oxygen atoms in total. The van der Waals surface area contributed by atoms with Crippen molar-refractivity contribution in [2.45, 2.75) is 30.8 Å². The molecule has 1 atom stereocenters. The van der Waals surface area contributed by atoms with Crippen molar-refractivity contribution in [1.29, 1.82) is 0 Å². The number of para-hydroxylation sites is 1. The Bertz CT molecular complexity index is 1030. The second-order valence-electron chi connectivity index (χ2n) is 6.70. The molecule has 1 aliphatic rings. The van der Waals surface area contributed by atoms with Crippen LogP contribution in [0.2, 0.25) is 0 Å². The molecule has 2 aromatic rings. The fourth-order valence-electron chi connectivity index (χ4n) is 3.07. The second-order valence-corrected chi connectivity index (χ2v) is 8.35. The molecule has 1 unspecified atom stereocenters. The Labute approximate surface area is 168 Å². The van der Waals surface area contributed by atoms with Crippen LogP contribution in [0, 0.1) is 17.0 Å². The molecule has 0 bridgehead atoms. The number of anilines is 1. The number of ether oxygens (including phenoxy) is 1. The first kappa shape index (κ1) is 20.7. The van der Waals surface area contributed by atoms with Crippen LogP contribution in [0.1, 0.15) is 28.8 Å². The lowest BCUT2D eigenvalue weighted by molar-refractivity contribution is -0.385. The fourth-order valence-corrected chi connectivity index (χ4v) is 4.41. The van der Waals surface area contributed by atoms with E-state index in [-0.39, 0.29) is 27.9 Å². The summed E-state index contributed by atoms with van der Waals surface area (Å²) in [6.07, 6.45) is 1.76. The first-order valence-electron chi connectivity index (χ1n) is 9.04. The van der Waals surface area contributed by atoms with Crippen molar-refractivity contribution in [3.63, 3.8) is 0 Å². The number of nitro benzene ring substituents is 1. The minimum Gasteiger partial charge on any atom is -0.376 e. The summed E-state index contributed by atoms with van der Waals surface area (Å²) in [4.78, 5) is 22.7. The zero-order valence-electron chi connectivity index (χ0n) is 15.8. The van der Waals surface area contributed by atoms with Crippen LogP contribution >= 0.6 is 0 Å². The number of aryl methyl sites for hydroxylation is 1. The molecule has 0 aromatic heterocycles. The topological polar surface area (TPSA) is 128 Å². The first-order chi connectivity index (χ1) is 13.8. The Balaban J connectivity index is 1.83. The minimum atomic E-state index is -4.15. The molecular weight excluding hydrogens is 398 g/mol. The summed E-state index contributed by atoms with van der Waals surface area (Å²) in [5.41, 5.74) is 0.252. The summed E-state index contributed by atoms with van der Waals surface area (Å²) >= 11 is 0. The smallest absolute Gasteiger partial charge is 0.270 e. The van der Waals surface area contributed by atoms with Gasteiger partial charge >= 0.3 is 0 Å². The van der Waals surface area contributed by atoms with Crippen molar-refractivity contribution in [3.05, 3.63) is 63.7 Å². The minimum absolute atomic E-state index is 0.0460. The lowest BCUT2D eigenvalue weighted by atomic mass is 10.1. The molecule has 29 heavy (non-hydrogen) atoms. The number of carbonyl (C=O) groups is 1. The molecule has 0 saturated carbocycles. The summed E-state index contributed by atoms with van der Waals surface area (Å²) < 4.78 is 33.6. The molecular formula is C19H21N3O6S. The quantitative estimate of drug-likeness (QED) is 0.524. The van der Waals surface area contributed by atoms with Gasteiger partial charge in [-0.25, -0.2) is 8.42 Å². The number of carbonyl (C=O) groups excluding carboxylic acids is 1. The number of hydrogen-bond donors (Lipinski definition) is 2. The van der Waals surface area contributed by atoms with Gasteiger partial charge in [-0.15, -0.1) is 0 Å². The van der Waals surface area contributed by atoms with Gasteiger partial charge in [0, 0.05) is 25.3 Å². The van der Waals surface area contributed by atoms with E-state index in [9.17, 15) is 23.3 Å². The van der Waals surface area contributed by atoms with Gasteiger partial charge in [0.25, 0.3) is 21.6 Å². The fraction of sp³-hybridized carbons (Fsp3) is 0.316. The molecule has 1 saturated heterocycles. The zero-order chi connectivity index (χ0) is 21.0. The third-order valence-corrected chi connectivity index (χ3v) is 6.11. The average Bonchev–Trinajstić information content (AvgIpc) is 3.20. The van der Waals surface area contributed by atoms with E-state index in [0.29, 0.717) is 18.7 Å². The monoisotopic (exact) mass is 419 g/mol. The largest absolute Gasteiger partial charge is 0.376 e. The number of nitrogens with one attached hydrogen (secondary N) is 2. The van der Waals surface area contributed by atoms with Gasteiger partial charge < -0.3 is 10.1 Å². The molecule has 0 spiro atoms. The Morgan fingerprint density at radius 1 is 1.28 bits per heavy atom.